The Morgan fingerprint density at radius 2 is 1.72 bits per heavy atom. The van der Waals surface area contributed by atoms with E-state index >= 15 is 0 Å². The maximum Gasteiger partial charge on any atom is 0.263 e. The van der Waals surface area contributed by atoms with E-state index in [1.54, 1.807) is 30.3 Å². The normalized spacial score (nSPS) is 11.2. The summed E-state index contributed by atoms with van der Waals surface area (Å²) in [6, 6.07) is 11.5. The van der Waals surface area contributed by atoms with Gasteiger partial charge in [-0.3, -0.25) is 4.72 Å². The molecular weight excluding hydrogens is 277 g/mol. The Kier molecular flexibility index (Phi) is 3.54. The molecule has 2 aromatic rings. The molecular formula is C12H9ClFNO2S. The van der Waals surface area contributed by atoms with Crippen LogP contribution < -0.4 is 4.72 Å². The Bertz CT molecular complexity index is 659. The molecule has 2 rings (SSSR count). The molecule has 0 fully saturated rings. The minimum Gasteiger partial charge on any atom is -0.280 e. The molecule has 0 radical (unpaired) electrons. The van der Waals surface area contributed by atoms with Gasteiger partial charge in [-0.15, -0.1) is 0 Å². The Morgan fingerprint density at radius 3 is 2.39 bits per heavy atom. The van der Waals surface area contributed by atoms with E-state index in [4.69, 9.17) is 11.6 Å². The van der Waals surface area contributed by atoms with Crippen LogP contribution in [0.2, 0.25) is 5.02 Å². The molecule has 6 heteroatoms. The van der Waals surface area contributed by atoms with Gasteiger partial charge in [0.25, 0.3) is 10.0 Å². The van der Waals surface area contributed by atoms with Gasteiger partial charge < -0.3 is 0 Å². The minimum atomic E-state index is -3.89. The van der Waals surface area contributed by atoms with Crippen molar-refractivity contribution >= 4 is 27.3 Å². The molecule has 0 aliphatic heterocycles. The summed E-state index contributed by atoms with van der Waals surface area (Å²) >= 11 is 5.76. The molecule has 0 unspecified atom stereocenters. The standard InChI is InChI=1S/C12H9ClFNO2S/c13-11-7-6-9(14)8-12(11)18(16,17)15-10-4-2-1-3-5-10/h1-8,15H. The average molecular weight is 286 g/mol. The van der Waals surface area contributed by atoms with Gasteiger partial charge in [-0.05, 0) is 30.3 Å². The molecule has 18 heavy (non-hydrogen) atoms. The highest BCUT2D eigenvalue weighted by Crippen LogP contribution is 2.24. The van der Waals surface area contributed by atoms with Crippen molar-refractivity contribution in [2.75, 3.05) is 4.72 Å². The molecule has 0 atom stereocenters. The third-order valence-corrected chi connectivity index (χ3v) is 4.07. The summed E-state index contributed by atoms with van der Waals surface area (Å²) in [4.78, 5) is -0.284. The zero-order valence-electron chi connectivity index (χ0n) is 9.10. The maximum atomic E-state index is 13.1. The van der Waals surface area contributed by atoms with Gasteiger partial charge in [0.15, 0.2) is 0 Å². The monoisotopic (exact) mass is 285 g/mol. The van der Waals surface area contributed by atoms with E-state index in [1.807, 2.05) is 0 Å². The van der Waals surface area contributed by atoms with Crippen LogP contribution in [-0.2, 0) is 10.0 Å². The maximum absolute atomic E-state index is 13.1. The number of sulfonamides is 1. The van der Waals surface area contributed by atoms with Gasteiger partial charge in [-0.2, -0.15) is 0 Å². The predicted octanol–water partition coefficient (Wildman–Crippen LogP) is 3.28. The Labute approximate surface area is 109 Å². The highest BCUT2D eigenvalue weighted by atomic mass is 35.5. The fourth-order valence-corrected chi connectivity index (χ4v) is 2.97. The van der Waals surface area contributed by atoms with Gasteiger partial charge in [0, 0.05) is 5.69 Å². The van der Waals surface area contributed by atoms with E-state index in [2.05, 4.69) is 4.72 Å². The fraction of sp³-hybridized carbons (Fsp3) is 0. The molecule has 0 spiro atoms. The van der Waals surface area contributed by atoms with Crippen LogP contribution in [0, 0.1) is 5.82 Å². The Hall–Kier alpha value is -1.59. The van der Waals surface area contributed by atoms with Gasteiger partial charge in [-0.1, -0.05) is 29.8 Å². The van der Waals surface area contributed by atoms with Crippen molar-refractivity contribution in [2.24, 2.45) is 0 Å². The van der Waals surface area contributed by atoms with Gasteiger partial charge in [-0.25, -0.2) is 12.8 Å². The lowest BCUT2D eigenvalue weighted by atomic mass is 10.3. The van der Waals surface area contributed by atoms with Gasteiger partial charge >= 0.3 is 0 Å². The second kappa shape index (κ2) is 4.96. The Balaban J connectivity index is 2.40. The van der Waals surface area contributed by atoms with Crippen LogP contribution in [0.15, 0.2) is 53.4 Å². The zero-order chi connectivity index (χ0) is 13.2. The van der Waals surface area contributed by atoms with E-state index in [0.29, 0.717) is 5.69 Å². The van der Waals surface area contributed by atoms with Crippen LogP contribution in [0.3, 0.4) is 0 Å². The van der Waals surface area contributed by atoms with E-state index < -0.39 is 15.8 Å². The smallest absolute Gasteiger partial charge is 0.263 e. The van der Waals surface area contributed by atoms with Crippen molar-refractivity contribution in [3.63, 3.8) is 0 Å². The highest BCUT2D eigenvalue weighted by Gasteiger charge is 2.18. The molecule has 0 heterocycles. The van der Waals surface area contributed by atoms with Crippen molar-refractivity contribution in [1.29, 1.82) is 0 Å². The average Bonchev–Trinajstić information content (AvgIpc) is 2.33. The number of hydrogen-bond acceptors (Lipinski definition) is 2. The van der Waals surface area contributed by atoms with E-state index in [0.717, 1.165) is 12.1 Å². The molecule has 0 amide bonds. The lowest BCUT2D eigenvalue weighted by molar-refractivity contribution is 0.595. The van der Waals surface area contributed by atoms with Crippen molar-refractivity contribution in [1.82, 2.24) is 0 Å². The summed E-state index contributed by atoms with van der Waals surface area (Å²) in [5.74, 6) is -0.659. The lowest BCUT2D eigenvalue weighted by Gasteiger charge is -2.09. The minimum absolute atomic E-state index is 0.0279. The zero-order valence-corrected chi connectivity index (χ0v) is 10.7. The predicted molar refractivity (Wildman–Crippen MR) is 68.7 cm³/mol. The summed E-state index contributed by atoms with van der Waals surface area (Å²) in [5.41, 5.74) is 0.387. The second-order valence-corrected chi connectivity index (χ2v) is 5.60. The summed E-state index contributed by atoms with van der Waals surface area (Å²) in [6.07, 6.45) is 0. The van der Waals surface area contributed by atoms with Crippen molar-refractivity contribution in [3.8, 4) is 0 Å². The van der Waals surface area contributed by atoms with Crippen molar-refractivity contribution in [2.45, 2.75) is 4.90 Å². The van der Waals surface area contributed by atoms with Crippen LogP contribution in [-0.4, -0.2) is 8.42 Å². The van der Waals surface area contributed by atoms with Crippen LogP contribution in [0.25, 0.3) is 0 Å². The van der Waals surface area contributed by atoms with Gasteiger partial charge in [0.1, 0.15) is 10.7 Å². The topological polar surface area (TPSA) is 46.2 Å². The largest absolute Gasteiger partial charge is 0.280 e. The quantitative estimate of drug-likeness (QED) is 0.941. The molecule has 0 aliphatic carbocycles. The number of benzene rings is 2. The molecule has 94 valence electrons. The molecule has 0 saturated carbocycles. The van der Waals surface area contributed by atoms with Gasteiger partial charge in [0.2, 0.25) is 0 Å². The molecule has 0 saturated heterocycles. The number of para-hydroxylation sites is 1. The first kappa shape index (κ1) is 12.9. The third kappa shape index (κ3) is 2.80. The number of rotatable bonds is 3. The highest BCUT2D eigenvalue weighted by molar-refractivity contribution is 7.92. The summed E-state index contributed by atoms with van der Waals surface area (Å²) < 4.78 is 39.4. The Morgan fingerprint density at radius 1 is 1.06 bits per heavy atom. The van der Waals surface area contributed by atoms with E-state index in [1.165, 1.54) is 6.07 Å². The molecule has 0 aromatic heterocycles. The van der Waals surface area contributed by atoms with Crippen LogP contribution in [0.5, 0.6) is 0 Å². The molecule has 3 nitrogen and oxygen atoms in total. The first-order valence-corrected chi connectivity index (χ1v) is 6.88. The van der Waals surface area contributed by atoms with Crippen molar-refractivity contribution < 1.29 is 12.8 Å². The first-order chi connectivity index (χ1) is 8.49. The van der Waals surface area contributed by atoms with Crippen molar-refractivity contribution in [3.05, 3.63) is 59.4 Å². The molecule has 1 N–H and O–H groups in total. The summed E-state index contributed by atoms with van der Waals surface area (Å²) in [5, 5.41) is -0.0279. The van der Waals surface area contributed by atoms with Crippen LogP contribution in [0.4, 0.5) is 10.1 Å². The van der Waals surface area contributed by atoms with E-state index in [-0.39, 0.29) is 9.92 Å². The summed E-state index contributed by atoms with van der Waals surface area (Å²) in [6.45, 7) is 0. The molecule has 0 bridgehead atoms. The van der Waals surface area contributed by atoms with E-state index in [9.17, 15) is 12.8 Å². The first-order valence-electron chi connectivity index (χ1n) is 5.02. The number of nitrogens with one attached hydrogen (secondary N) is 1. The van der Waals surface area contributed by atoms with Crippen LogP contribution >= 0.6 is 11.6 Å². The fourth-order valence-electron chi connectivity index (χ4n) is 1.40. The molecule has 0 aliphatic rings. The SMILES string of the molecule is O=S(=O)(Nc1ccccc1)c1cc(F)ccc1Cl. The van der Waals surface area contributed by atoms with Crippen LogP contribution in [0.1, 0.15) is 0 Å². The lowest BCUT2D eigenvalue weighted by Crippen LogP contribution is -2.13. The molecule has 2 aromatic carbocycles. The van der Waals surface area contributed by atoms with Gasteiger partial charge in [0.05, 0.1) is 5.02 Å². The number of halogens is 2. The third-order valence-electron chi connectivity index (χ3n) is 2.21. The number of anilines is 1. The number of hydrogen-bond donors (Lipinski definition) is 1. The second-order valence-electron chi connectivity index (χ2n) is 3.55. The summed E-state index contributed by atoms with van der Waals surface area (Å²) in [7, 11) is -3.89.